The number of rotatable bonds is 2. The second-order valence-electron chi connectivity index (χ2n) is 5.51. The summed E-state index contributed by atoms with van der Waals surface area (Å²) in [6.45, 7) is 1.90. The van der Waals surface area contributed by atoms with Gasteiger partial charge in [-0.3, -0.25) is 14.4 Å². The van der Waals surface area contributed by atoms with E-state index < -0.39 is 0 Å². The molecule has 0 N–H and O–H groups in total. The molecule has 5 nitrogen and oxygen atoms in total. The van der Waals surface area contributed by atoms with Crippen LogP contribution in [-0.2, 0) is 14.4 Å². The predicted octanol–water partition coefficient (Wildman–Crippen LogP) is 0.941. The van der Waals surface area contributed by atoms with Crippen LogP contribution in [0.15, 0.2) is 0 Å². The van der Waals surface area contributed by atoms with Gasteiger partial charge in [-0.15, -0.1) is 0 Å². The van der Waals surface area contributed by atoms with E-state index in [2.05, 4.69) is 0 Å². The molecule has 2 saturated heterocycles. The Balaban J connectivity index is 1.62. The first-order valence-corrected chi connectivity index (χ1v) is 6.99. The molecule has 0 bridgehead atoms. The van der Waals surface area contributed by atoms with E-state index in [1.165, 1.54) is 17.9 Å². The molecule has 0 aromatic carbocycles. The molecule has 2 amide bonds. The minimum absolute atomic E-state index is 0.00125. The Morgan fingerprint density at radius 1 is 1.22 bits per heavy atom. The van der Waals surface area contributed by atoms with Crippen molar-refractivity contribution in [2.24, 2.45) is 5.92 Å². The highest BCUT2D eigenvalue weighted by Crippen LogP contribution is 2.30. The maximum Gasteiger partial charge on any atom is 0.251 e. The van der Waals surface area contributed by atoms with Gasteiger partial charge in [-0.2, -0.15) is 0 Å². The standard InChI is InChI=1S/C13H20N2O3/c16-12-8-10(13(17)15-6-3-7-18-15)9-14(12)11-4-1-2-5-11/h10-11H,1-9H2. The molecule has 1 unspecified atom stereocenters. The van der Waals surface area contributed by atoms with Crippen molar-refractivity contribution in [3.05, 3.63) is 0 Å². The number of likely N-dealkylation sites (tertiary alicyclic amines) is 1. The molecule has 2 heterocycles. The van der Waals surface area contributed by atoms with E-state index in [9.17, 15) is 9.59 Å². The van der Waals surface area contributed by atoms with Crippen LogP contribution in [-0.4, -0.2) is 47.5 Å². The van der Waals surface area contributed by atoms with Crippen molar-refractivity contribution < 1.29 is 14.4 Å². The van der Waals surface area contributed by atoms with E-state index in [1.54, 1.807) is 0 Å². The number of hydrogen-bond acceptors (Lipinski definition) is 3. The zero-order chi connectivity index (χ0) is 12.5. The van der Waals surface area contributed by atoms with Crippen LogP contribution in [0.5, 0.6) is 0 Å². The Morgan fingerprint density at radius 3 is 2.67 bits per heavy atom. The number of nitrogens with zero attached hydrogens (tertiary/aromatic N) is 2. The van der Waals surface area contributed by atoms with Gasteiger partial charge in [0.25, 0.3) is 5.91 Å². The highest BCUT2D eigenvalue weighted by Gasteiger charge is 2.40. The van der Waals surface area contributed by atoms with Gasteiger partial charge in [0, 0.05) is 19.0 Å². The lowest BCUT2D eigenvalue weighted by Gasteiger charge is -2.24. The van der Waals surface area contributed by atoms with Crippen molar-refractivity contribution in [2.45, 2.75) is 44.6 Å². The maximum atomic E-state index is 12.2. The Morgan fingerprint density at radius 2 is 2.00 bits per heavy atom. The monoisotopic (exact) mass is 252 g/mol. The first-order valence-electron chi connectivity index (χ1n) is 6.99. The SMILES string of the molecule is O=C(C1CC(=O)N(C2CCCC2)C1)N1CCCO1. The number of carbonyl (C=O) groups is 2. The molecular weight excluding hydrogens is 232 g/mol. The van der Waals surface area contributed by atoms with Gasteiger partial charge in [-0.05, 0) is 19.3 Å². The number of hydroxylamine groups is 2. The predicted molar refractivity (Wildman–Crippen MR) is 64.4 cm³/mol. The third-order valence-corrected chi connectivity index (χ3v) is 4.27. The molecule has 18 heavy (non-hydrogen) atoms. The molecule has 1 aliphatic carbocycles. The van der Waals surface area contributed by atoms with Crippen molar-refractivity contribution in [3.63, 3.8) is 0 Å². The minimum Gasteiger partial charge on any atom is -0.339 e. The lowest BCUT2D eigenvalue weighted by molar-refractivity contribution is -0.173. The van der Waals surface area contributed by atoms with Crippen LogP contribution < -0.4 is 0 Å². The van der Waals surface area contributed by atoms with Crippen LogP contribution in [0.1, 0.15) is 38.5 Å². The molecule has 3 fully saturated rings. The van der Waals surface area contributed by atoms with Gasteiger partial charge in [-0.1, -0.05) is 12.8 Å². The molecule has 0 aromatic rings. The fourth-order valence-electron chi connectivity index (χ4n) is 3.29. The van der Waals surface area contributed by atoms with E-state index in [0.29, 0.717) is 32.2 Å². The molecular formula is C13H20N2O3. The smallest absolute Gasteiger partial charge is 0.251 e. The van der Waals surface area contributed by atoms with Crippen molar-refractivity contribution in [3.8, 4) is 0 Å². The minimum atomic E-state index is -0.184. The van der Waals surface area contributed by atoms with E-state index in [4.69, 9.17) is 4.84 Å². The van der Waals surface area contributed by atoms with Crippen molar-refractivity contribution >= 4 is 11.8 Å². The topological polar surface area (TPSA) is 49.9 Å². The Bertz CT molecular complexity index is 346. The van der Waals surface area contributed by atoms with Crippen LogP contribution in [0.4, 0.5) is 0 Å². The largest absolute Gasteiger partial charge is 0.339 e. The quantitative estimate of drug-likeness (QED) is 0.735. The summed E-state index contributed by atoms with van der Waals surface area (Å²) >= 11 is 0. The first-order chi connectivity index (χ1) is 8.75. The molecule has 3 rings (SSSR count). The summed E-state index contributed by atoms with van der Waals surface area (Å²) in [7, 11) is 0. The number of hydrogen-bond donors (Lipinski definition) is 0. The Hall–Kier alpha value is -1.10. The average Bonchev–Trinajstić information content (AvgIpc) is 3.09. The van der Waals surface area contributed by atoms with Crippen LogP contribution in [0.2, 0.25) is 0 Å². The zero-order valence-corrected chi connectivity index (χ0v) is 10.6. The summed E-state index contributed by atoms with van der Waals surface area (Å²) in [6.07, 6.45) is 5.90. The van der Waals surface area contributed by atoms with Gasteiger partial charge in [0.05, 0.1) is 19.1 Å². The molecule has 1 saturated carbocycles. The van der Waals surface area contributed by atoms with E-state index in [0.717, 1.165) is 19.3 Å². The van der Waals surface area contributed by atoms with Gasteiger partial charge < -0.3 is 4.90 Å². The summed E-state index contributed by atoms with van der Waals surface area (Å²) in [5, 5.41) is 1.45. The summed E-state index contributed by atoms with van der Waals surface area (Å²) in [6, 6.07) is 0.384. The van der Waals surface area contributed by atoms with E-state index in [-0.39, 0.29) is 17.7 Å². The highest BCUT2D eigenvalue weighted by molar-refractivity contribution is 5.89. The second-order valence-corrected chi connectivity index (χ2v) is 5.51. The summed E-state index contributed by atoms with van der Waals surface area (Å²) in [4.78, 5) is 31.4. The van der Waals surface area contributed by atoms with Gasteiger partial charge in [0.1, 0.15) is 0 Å². The number of amides is 2. The van der Waals surface area contributed by atoms with E-state index >= 15 is 0 Å². The number of carbonyl (C=O) groups excluding carboxylic acids is 2. The second kappa shape index (κ2) is 4.88. The van der Waals surface area contributed by atoms with Crippen LogP contribution in [0, 0.1) is 5.92 Å². The third kappa shape index (κ3) is 2.11. The lowest BCUT2D eigenvalue weighted by atomic mass is 10.1. The summed E-state index contributed by atoms with van der Waals surface area (Å²) in [5.41, 5.74) is 0. The van der Waals surface area contributed by atoms with Gasteiger partial charge in [-0.25, -0.2) is 5.06 Å². The molecule has 2 aliphatic heterocycles. The summed E-state index contributed by atoms with van der Waals surface area (Å²) < 4.78 is 0. The van der Waals surface area contributed by atoms with Gasteiger partial charge in [0.15, 0.2) is 0 Å². The normalized spacial score (nSPS) is 29.6. The van der Waals surface area contributed by atoms with Crippen LogP contribution in [0.25, 0.3) is 0 Å². The molecule has 0 radical (unpaired) electrons. The van der Waals surface area contributed by atoms with Gasteiger partial charge >= 0.3 is 0 Å². The molecule has 0 spiro atoms. The van der Waals surface area contributed by atoms with E-state index in [1.807, 2.05) is 4.90 Å². The maximum absolute atomic E-state index is 12.2. The lowest BCUT2D eigenvalue weighted by Crippen LogP contribution is -2.37. The molecule has 0 aromatic heterocycles. The molecule has 1 atom stereocenters. The zero-order valence-electron chi connectivity index (χ0n) is 10.6. The van der Waals surface area contributed by atoms with Crippen molar-refractivity contribution in [1.82, 2.24) is 9.96 Å². The third-order valence-electron chi connectivity index (χ3n) is 4.27. The average molecular weight is 252 g/mol. The molecule has 3 aliphatic rings. The van der Waals surface area contributed by atoms with Crippen molar-refractivity contribution in [2.75, 3.05) is 19.7 Å². The fraction of sp³-hybridized carbons (Fsp3) is 0.846. The van der Waals surface area contributed by atoms with Crippen LogP contribution >= 0.6 is 0 Å². The van der Waals surface area contributed by atoms with Crippen LogP contribution in [0.3, 0.4) is 0 Å². The van der Waals surface area contributed by atoms with Gasteiger partial charge in [0.2, 0.25) is 5.91 Å². The molecule has 100 valence electrons. The Labute approximate surface area is 107 Å². The highest BCUT2D eigenvalue weighted by atomic mass is 16.7. The van der Waals surface area contributed by atoms with Crippen molar-refractivity contribution in [1.29, 1.82) is 0 Å². The summed E-state index contributed by atoms with van der Waals surface area (Å²) in [5.74, 6) is -0.0306. The fourth-order valence-corrected chi connectivity index (χ4v) is 3.29. The first kappa shape index (κ1) is 12.0. The Kier molecular flexibility index (Phi) is 3.24. The molecule has 5 heteroatoms.